The number of nitro benzene ring substituents is 1. The molecule has 0 radical (unpaired) electrons. The number of piperazine rings is 1. The summed E-state index contributed by atoms with van der Waals surface area (Å²) in [7, 11) is -3.94. The predicted molar refractivity (Wildman–Crippen MR) is 118 cm³/mol. The fraction of sp³-hybridized carbons (Fsp3) is 0.250. The number of pyridine rings is 1. The Morgan fingerprint density at radius 2 is 1.62 bits per heavy atom. The normalized spacial score (nSPS) is 14.4. The maximum Gasteiger partial charge on any atom is 0.293 e. The van der Waals surface area contributed by atoms with Crippen molar-refractivity contribution in [2.75, 3.05) is 36.0 Å². The molecule has 0 spiro atoms. The highest BCUT2D eigenvalue weighted by Gasteiger charge is 2.27. The molecule has 0 saturated carbocycles. The van der Waals surface area contributed by atoms with E-state index in [1.807, 2.05) is 9.80 Å². The predicted octanol–water partition coefficient (Wildman–Crippen LogP) is 1.58. The van der Waals surface area contributed by atoms with Crippen LogP contribution in [-0.4, -0.2) is 54.5 Å². The average molecular weight is 456 g/mol. The Bertz CT molecular complexity index is 1190. The largest absolute Gasteiger partial charge is 0.362 e. The Hall–Kier alpha value is -3.64. The van der Waals surface area contributed by atoms with Gasteiger partial charge in [0, 0.05) is 50.8 Å². The van der Waals surface area contributed by atoms with Crippen molar-refractivity contribution in [2.45, 2.75) is 11.4 Å². The summed E-state index contributed by atoms with van der Waals surface area (Å²) in [6.07, 6.45) is 4.90. The summed E-state index contributed by atoms with van der Waals surface area (Å²) < 4.78 is 27.8. The second kappa shape index (κ2) is 9.24. The zero-order valence-electron chi connectivity index (χ0n) is 17.0. The van der Waals surface area contributed by atoms with E-state index in [-0.39, 0.29) is 17.1 Å². The minimum absolute atomic E-state index is 0.0117. The second-order valence-electron chi connectivity index (χ2n) is 7.08. The van der Waals surface area contributed by atoms with Gasteiger partial charge in [-0.2, -0.15) is 0 Å². The lowest BCUT2D eigenvalue weighted by atomic mass is 10.2. The molecule has 3 aromatic rings. The molecule has 0 atom stereocenters. The molecule has 1 saturated heterocycles. The van der Waals surface area contributed by atoms with Crippen LogP contribution in [0.5, 0.6) is 0 Å². The van der Waals surface area contributed by atoms with Crippen LogP contribution in [0.2, 0.25) is 0 Å². The maximum absolute atomic E-state index is 12.7. The number of anilines is 2. The van der Waals surface area contributed by atoms with Crippen LogP contribution in [0, 0.1) is 10.1 Å². The number of hydrogen-bond donors (Lipinski definition) is 1. The Kier molecular flexibility index (Phi) is 6.23. The van der Waals surface area contributed by atoms with E-state index in [9.17, 15) is 18.5 Å². The van der Waals surface area contributed by atoms with Crippen molar-refractivity contribution in [3.8, 4) is 0 Å². The number of sulfonamides is 1. The topological polar surface area (TPSA) is 134 Å². The summed E-state index contributed by atoms with van der Waals surface area (Å²) in [6, 6.07) is 10.9. The molecule has 3 heterocycles. The summed E-state index contributed by atoms with van der Waals surface area (Å²) >= 11 is 0. The molecule has 1 N–H and O–H groups in total. The summed E-state index contributed by atoms with van der Waals surface area (Å²) in [6.45, 7) is 2.20. The Balaban J connectivity index is 1.50. The van der Waals surface area contributed by atoms with Gasteiger partial charge in [0.05, 0.1) is 22.1 Å². The van der Waals surface area contributed by atoms with Crippen LogP contribution < -0.4 is 14.5 Å². The van der Waals surface area contributed by atoms with E-state index >= 15 is 0 Å². The van der Waals surface area contributed by atoms with E-state index in [2.05, 4.69) is 19.7 Å². The molecule has 4 rings (SSSR count). The van der Waals surface area contributed by atoms with E-state index in [1.54, 1.807) is 42.9 Å². The molecule has 0 bridgehead atoms. The van der Waals surface area contributed by atoms with Crippen molar-refractivity contribution >= 4 is 27.3 Å². The van der Waals surface area contributed by atoms with Crippen LogP contribution in [-0.2, 0) is 16.6 Å². The number of nitrogens with zero attached hydrogens (tertiary/aromatic N) is 6. The lowest BCUT2D eigenvalue weighted by molar-refractivity contribution is -0.384. The third-order valence-corrected chi connectivity index (χ3v) is 6.48. The molecule has 11 nitrogen and oxygen atoms in total. The lowest BCUT2D eigenvalue weighted by Gasteiger charge is -2.35. The molecule has 166 valence electrons. The van der Waals surface area contributed by atoms with Gasteiger partial charge in [-0.05, 0) is 30.3 Å². The number of hydrogen-bond acceptors (Lipinski definition) is 9. The smallest absolute Gasteiger partial charge is 0.293 e. The van der Waals surface area contributed by atoms with Gasteiger partial charge in [-0.3, -0.25) is 15.1 Å². The van der Waals surface area contributed by atoms with Crippen LogP contribution in [0.4, 0.5) is 17.3 Å². The standard InChI is InChI=1S/C20H21N7O4S/c28-27(29)19-14-17(32(30,31)24-15-16-4-1-2-7-21-16)5-6-18(19)25-10-12-26(13-11-25)20-22-8-3-9-23-20/h1-9,14,24H,10-13,15H2. The molecule has 1 aliphatic rings. The van der Waals surface area contributed by atoms with Gasteiger partial charge in [0.15, 0.2) is 0 Å². The molecular formula is C20H21N7O4S. The van der Waals surface area contributed by atoms with Crippen LogP contribution in [0.1, 0.15) is 5.69 Å². The first kappa shape index (κ1) is 21.6. The van der Waals surface area contributed by atoms with E-state index in [0.717, 1.165) is 6.07 Å². The first-order valence-corrected chi connectivity index (χ1v) is 11.4. The van der Waals surface area contributed by atoms with Gasteiger partial charge in [0.25, 0.3) is 5.69 Å². The van der Waals surface area contributed by atoms with E-state index in [4.69, 9.17) is 0 Å². The van der Waals surface area contributed by atoms with Crippen LogP contribution in [0.25, 0.3) is 0 Å². The van der Waals surface area contributed by atoms with Gasteiger partial charge < -0.3 is 9.80 Å². The Morgan fingerprint density at radius 3 is 2.28 bits per heavy atom. The SMILES string of the molecule is O=[N+]([O-])c1cc(S(=O)(=O)NCc2ccccn2)ccc1N1CCN(c2ncccn2)CC1. The maximum atomic E-state index is 12.7. The Labute approximate surface area is 185 Å². The van der Waals surface area contributed by atoms with Gasteiger partial charge in [-0.15, -0.1) is 0 Å². The summed E-state index contributed by atoms with van der Waals surface area (Å²) in [5.41, 5.74) is 0.671. The molecule has 1 fully saturated rings. The summed E-state index contributed by atoms with van der Waals surface area (Å²) in [5, 5.41) is 11.7. The van der Waals surface area contributed by atoms with Crippen molar-refractivity contribution < 1.29 is 13.3 Å². The molecule has 0 aliphatic carbocycles. The van der Waals surface area contributed by atoms with Crippen molar-refractivity contribution in [3.63, 3.8) is 0 Å². The van der Waals surface area contributed by atoms with Gasteiger partial charge in [0.2, 0.25) is 16.0 Å². The zero-order valence-corrected chi connectivity index (χ0v) is 17.9. The van der Waals surface area contributed by atoms with Crippen LogP contribution >= 0.6 is 0 Å². The number of nitrogens with one attached hydrogen (secondary N) is 1. The second-order valence-corrected chi connectivity index (χ2v) is 8.84. The molecule has 32 heavy (non-hydrogen) atoms. The van der Waals surface area contributed by atoms with E-state index < -0.39 is 14.9 Å². The monoisotopic (exact) mass is 455 g/mol. The quantitative estimate of drug-likeness (QED) is 0.416. The number of rotatable bonds is 7. The number of benzene rings is 1. The first-order chi connectivity index (χ1) is 15.4. The van der Waals surface area contributed by atoms with Crippen molar-refractivity contribution in [3.05, 3.63) is 76.9 Å². The van der Waals surface area contributed by atoms with Crippen LogP contribution in [0.3, 0.4) is 0 Å². The lowest BCUT2D eigenvalue weighted by Crippen LogP contribution is -2.47. The highest BCUT2D eigenvalue weighted by atomic mass is 32.2. The van der Waals surface area contributed by atoms with Gasteiger partial charge in [-0.1, -0.05) is 6.07 Å². The van der Waals surface area contributed by atoms with E-state index in [1.165, 1.54) is 12.1 Å². The number of aromatic nitrogens is 3. The van der Waals surface area contributed by atoms with Crippen molar-refractivity contribution in [1.82, 2.24) is 19.7 Å². The third kappa shape index (κ3) is 4.81. The fourth-order valence-corrected chi connectivity index (χ4v) is 4.46. The highest BCUT2D eigenvalue weighted by Crippen LogP contribution is 2.31. The van der Waals surface area contributed by atoms with Gasteiger partial charge in [0.1, 0.15) is 5.69 Å². The molecule has 1 aromatic carbocycles. The molecule has 0 amide bonds. The minimum atomic E-state index is -3.94. The fourth-order valence-electron chi connectivity index (χ4n) is 3.44. The zero-order chi connectivity index (χ0) is 22.6. The first-order valence-electron chi connectivity index (χ1n) is 9.89. The molecule has 0 unspecified atom stereocenters. The average Bonchev–Trinajstić information content (AvgIpc) is 2.84. The summed E-state index contributed by atoms with van der Waals surface area (Å²) in [5.74, 6) is 0.613. The van der Waals surface area contributed by atoms with E-state index in [0.29, 0.717) is 43.5 Å². The minimum Gasteiger partial charge on any atom is -0.362 e. The van der Waals surface area contributed by atoms with Gasteiger partial charge in [-0.25, -0.2) is 23.1 Å². The number of nitro groups is 1. The Morgan fingerprint density at radius 1 is 0.938 bits per heavy atom. The highest BCUT2D eigenvalue weighted by molar-refractivity contribution is 7.89. The van der Waals surface area contributed by atoms with Crippen LogP contribution in [0.15, 0.2) is 66.0 Å². The van der Waals surface area contributed by atoms with Crippen molar-refractivity contribution in [1.29, 1.82) is 0 Å². The third-order valence-electron chi connectivity index (χ3n) is 5.08. The van der Waals surface area contributed by atoms with Gasteiger partial charge >= 0.3 is 0 Å². The molecule has 12 heteroatoms. The molecule has 1 aliphatic heterocycles. The molecule has 2 aromatic heterocycles. The molecular weight excluding hydrogens is 434 g/mol. The summed E-state index contributed by atoms with van der Waals surface area (Å²) in [4.78, 5) is 27.4. The van der Waals surface area contributed by atoms with Crippen molar-refractivity contribution in [2.24, 2.45) is 0 Å².